The molecule has 0 saturated carbocycles. The van der Waals surface area contributed by atoms with Gasteiger partial charge < -0.3 is 5.32 Å². The molecule has 0 N–H and O–H groups in total. The van der Waals surface area contributed by atoms with E-state index in [2.05, 4.69) is 8.65 Å². The molecule has 0 radical (unpaired) electrons. The Balaban J connectivity index is 0. The molecule has 0 rings (SSSR count). The van der Waals surface area contributed by atoms with Gasteiger partial charge in [0.25, 0.3) is 0 Å². The van der Waals surface area contributed by atoms with Crippen molar-refractivity contribution in [3.63, 3.8) is 0 Å². The molecule has 0 saturated heterocycles. The summed E-state index contributed by atoms with van der Waals surface area (Å²) in [6, 6.07) is 0. The molecule has 0 unspecified atom stereocenters. The van der Waals surface area contributed by atoms with Gasteiger partial charge in [0.1, 0.15) is 0 Å². The van der Waals surface area contributed by atoms with E-state index in [9.17, 15) is 0 Å². The zero-order valence-electron chi connectivity index (χ0n) is 5.05. The summed E-state index contributed by atoms with van der Waals surface area (Å²) >= 11 is 1.52. The molecule has 0 amide bonds. The molecular formula is C4H11N2Nb-. The van der Waals surface area contributed by atoms with Gasteiger partial charge in [0, 0.05) is 0 Å². The van der Waals surface area contributed by atoms with E-state index in [1.54, 1.807) is 14.1 Å². The molecule has 0 spiro atoms. The van der Waals surface area contributed by atoms with Crippen molar-refractivity contribution >= 4 is 0 Å². The predicted octanol–water partition coefficient (Wildman–Crippen LogP) is 1.36. The Labute approximate surface area is 57.5 Å². The molecule has 0 aliphatic heterocycles. The van der Waals surface area contributed by atoms with Gasteiger partial charge in [-0.25, -0.2) is 0 Å². The molecule has 0 heterocycles. The van der Waals surface area contributed by atoms with E-state index in [1.165, 1.54) is 20.9 Å². The third kappa shape index (κ3) is 58.5. The van der Waals surface area contributed by atoms with Crippen molar-refractivity contribution in [2.75, 3.05) is 20.6 Å². The summed E-state index contributed by atoms with van der Waals surface area (Å²) in [7, 11) is 3.50. The van der Waals surface area contributed by atoms with Crippen LogP contribution < -0.4 is 0 Å². The second-order valence-electron chi connectivity index (χ2n) is 0.905. The van der Waals surface area contributed by atoms with Crippen LogP contribution in [0.3, 0.4) is 0 Å². The summed E-state index contributed by atoms with van der Waals surface area (Å²) in [5.74, 6) is 0. The van der Waals surface area contributed by atoms with Gasteiger partial charge in [-0.2, -0.15) is 14.1 Å². The van der Waals surface area contributed by atoms with Crippen LogP contribution >= 0.6 is 0 Å². The van der Waals surface area contributed by atoms with Crippen LogP contribution in [-0.4, -0.2) is 20.6 Å². The topological polar surface area (TPSA) is 26.5 Å². The van der Waals surface area contributed by atoms with Gasteiger partial charge >= 0.3 is 37.7 Å². The molecule has 43 valence electrons. The number of hydrogen-bond donors (Lipinski definition) is 0. The molecule has 0 aromatic rings. The molecule has 0 aromatic heterocycles. The average Bonchev–Trinajstić information content (AvgIpc) is 1.69. The number of nitrogens with zero attached hydrogens (tertiary/aromatic N) is 2. The second-order valence-corrected chi connectivity index (χ2v) is 1.60. The fourth-order valence-corrected chi connectivity index (χ4v) is 0. The van der Waals surface area contributed by atoms with Crippen LogP contribution in [0.15, 0.2) is 3.34 Å². The van der Waals surface area contributed by atoms with Gasteiger partial charge in [-0.1, -0.05) is 0 Å². The maximum Gasteiger partial charge on any atom is -0.162 e. The van der Waals surface area contributed by atoms with E-state index in [1.807, 2.05) is 6.92 Å². The Morgan fingerprint density at radius 1 is 1.57 bits per heavy atom. The minimum Gasteiger partial charge on any atom is -0.668 e. The van der Waals surface area contributed by atoms with Crippen molar-refractivity contribution < 1.29 is 20.9 Å². The third-order valence-electron chi connectivity index (χ3n) is 0.141. The Morgan fingerprint density at radius 2 is 1.71 bits per heavy atom. The number of rotatable bonds is 1. The fourth-order valence-electron chi connectivity index (χ4n) is 0. The van der Waals surface area contributed by atoms with Crippen LogP contribution in [0.4, 0.5) is 0 Å². The SMILES string of the molecule is CC[N]=[Nb].C[N-]C. The van der Waals surface area contributed by atoms with Crippen molar-refractivity contribution in [2.24, 2.45) is 3.34 Å². The van der Waals surface area contributed by atoms with Gasteiger partial charge in [0.2, 0.25) is 0 Å². The largest absolute Gasteiger partial charge is 0.668 e. The standard InChI is InChI=1S/C2H6N.C2H5N.Nb/c1-3-2;1-2-3;/h1-2H3;2H2,1H3;/q-1;;. The van der Waals surface area contributed by atoms with Crippen LogP contribution in [0, 0.1) is 0 Å². The normalized spacial score (nSPS) is 6.00. The Bertz CT molecular complexity index is 30.9. The van der Waals surface area contributed by atoms with Crippen LogP contribution in [0.2, 0.25) is 0 Å². The molecule has 3 heteroatoms. The second kappa shape index (κ2) is 16.1. The summed E-state index contributed by atoms with van der Waals surface area (Å²) in [5, 5.41) is 3.50. The quantitative estimate of drug-likeness (QED) is 0.544. The van der Waals surface area contributed by atoms with Crippen molar-refractivity contribution in [1.29, 1.82) is 0 Å². The van der Waals surface area contributed by atoms with Crippen molar-refractivity contribution in [1.82, 2.24) is 0 Å². The van der Waals surface area contributed by atoms with Crippen LogP contribution in [0.5, 0.6) is 0 Å². The molecule has 2 nitrogen and oxygen atoms in total. The summed E-state index contributed by atoms with van der Waals surface area (Å²) in [6.45, 7) is 2.99. The van der Waals surface area contributed by atoms with Crippen LogP contribution in [-0.2, 0) is 20.9 Å². The first-order valence-electron chi connectivity index (χ1n) is 2.12. The molecule has 0 aliphatic carbocycles. The maximum atomic E-state index is 3.79. The zero-order valence-corrected chi connectivity index (χ0v) is 7.25. The minimum atomic E-state index is 0.967. The van der Waals surface area contributed by atoms with E-state index < -0.39 is 0 Å². The predicted molar refractivity (Wildman–Crippen MR) is 28.2 cm³/mol. The smallest absolute Gasteiger partial charge is 0.162 e. The first-order valence-corrected chi connectivity index (χ1v) is 3.10. The number of hydrogen-bond acceptors (Lipinski definition) is 1. The Hall–Kier alpha value is 0.500. The monoisotopic (exact) mass is 180 g/mol. The van der Waals surface area contributed by atoms with E-state index in [4.69, 9.17) is 0 Å². The molecular weight excluding hydrogens is 169 g/mol. The summed E-state index contributed by atoms with van der Waals surface area (Å²) in [4.78, 5) is 0. The first kappa shape index (κ1) is 10.5. The molecule has 0 aliphatic rings. The first-order chi connectivity index (χ1) is 3.33. The van der Waals surface area contributed by atoms with E-state index in [0.29, 0.717) is 0 Å². The van der Waals surface area contributed by atoms with Crippen molar-refractivity contribution in [3.05, 3.63) is 5.32 Å². The van der Waals surface area contributed by atoms with E-state index >= 15 is 0 Å². The Morgan fingerprint density at radius 3 is 1.71 bits per heavy atom. The Kier molecular flexibility index (Phi) is 24.0. The van der Waals surface area contributed by atoms with Crippen molar-refractivity contribution in [3.8, 4) is 0 Å². The zero-order chi connectivity index (χ0) is 6.12. The van der Waals surface area contributed by atoms with Gasteiger partial charge in [-0.05, 0) is 0 Å². The maximum absolute atomic E-state index is 3.79. The van der Waals surface area contributed by atoms with Crippen LogP contribution in [0.25, 0.3) is 5.32 Å². The van der Waals surface area contributed by atoms with Gasteiger partial charge in [0.15, 0.2) is 0 Å². The van der Waals surface area contributed by atoms with E-state index in [0.717, 1.165) is 6.54 Å². The van der Waals surface area contributed by atoms with Crippen molar-refractivity contribution in [2.45, 2.75) is 6.92 Å². The van der Waals surface area contributed by atoms with Gasteiger partial charge in [-0.15, -0.1) is 0 Å². The van der Waals surface area contributed by atoms with E-state index in [-0.39, 0.29) is 0 Å². The van der Waals surface area contributed by atoms with Gasteiger partial charge in [-0.3, -0.25) is 0 Å². The summed E-state index contributed by atoms with van der Waals surface area (Å²) in [5.41, 5.74) is 0. The summed E-state index contributed by atoms with van der Waals surface area (Å²) < 4.78 is 3.79. The minimum absolute atomic E-state index is 0.967. The van der Waals surface area contributed by atoms with Crippen LogP contribution in [0.1, 0.15) is 6.92 Å². The third-order valence-corrected chi connectivity index (χ3v) is 0.837. The summed E-state index contributed by atoms with van der Waals surface area (Å²) in [6.07, 6.45) is 0. The average molecular weight is 180 g/mol. The molecule has 7 heavy (non-hydrogen) atoms. The molecule has 0 fully saturated rings. The van der Waals surface area contributed by atoms with Gasteiger partial charge in [0.05, 0.1) is 0 Å². The molecule has 0 bridgehead atoms. The molecule has 0 aromatic carbocycles. The fraction of sp³-hybridized carbons (Fsp3) is 1.00. The molecule has 0 atom stereocenters.